The fraction of sp³-hybridized carbons (Fsp3) is 0.933. The van der Waals surface area contributed by atoms with E-state index in [0.29, 0.717) is 18.5 Å². The number of urea groups is 1. The van der Waals surface area contributed by atoms with Crippen LogP contribution in [0.1, 0.15) is 54.4 Å². The summed E-state index contributed by atoms with van der Waals surface area (Å²) in [5, 5.41) is 5.96. The van der Waals surface area contributed by atoms with E-state index in [0.717, 1.165) is 25.9 Å². The smallest absolute Gasteiger partial charge is 0.315 e. The highest BCUT2D eigenvalue weighted by Crippen LogP contribution is 2.06. The number of rotatable bonds is 9. The molecule has 0 aliphatic heterocycles. The SMILES string of the molecule is CCN(CC)C(C)CNC(=O)NC(C)CCC(C)C. The topological polar surface area (TPSA) is 44.4 Å². The molecule has 0 radical (unpaired) electrons. The van der Waals surface area contributed by atoms with Crippen LogP contribution in [0, 0.1) is 5.92 Å². The van der Waals surface area contributed by atoms with E-state index >= 15 is 0 Å². The van der Waals surface area contributed by atoms with Gasteiger partial charge in [-0.1, -0.05) is 27.7 Å². The van der Waals surface area contributed by atoms with Gasteiger partial charge in [-0.05, 0) is 45.7 Å². The van der Waals surface area contributed by atoms with Crippen LogP contribution in [-0.4, -0.2) is 42.6 Å². The molecule has 0 aromatic heterocycles. The number of amides is 2. The molecule has 0 aliphatic carbocycles. The minimum absolute atomic E-state index is 0.0461. The Balaban J connectivity index is 3.85. The molecule has 0 saturated carbocycles. The first kappa shape index (κ1) is 18.2. The molecule has 4 nitrogen and oxygen atoms in total. The van der Waals surface area contributed by atoms with Gasteiger partial charge in [0.25, 0.3) is 0 Å². The van der Waals surface area contributed by atoms with Crippen LogP contribution < -0.4 is 10.6 Å². The van der Waals surface area contributed by atoms with Gasteiger partial charge in [-0.15, -0.1) is 0 Å². The fourth-order valence-electron chi connectivity index (χ4n) is 2.15. The first-order valence-corrected chi connectivity index (χ1v) is 7.69. The van der Waals surface area contributed by atoms with E-state index in [1.807, 2.05) is 0 Å². The summed E-state index contributed by atoms with van der Waals surface area (Å²) in [6, 6.07) is 0.577. The third-order valence-electron chi connectivity index (χ3n) is 3.55. The summed E-state index contributed by atoms with van der Waals surface area (Å²) in [5.41, 5.74) is 0. The molecule has 0 bridgehead atoms. The van der Waals surface area contributed by atoms with Crippen molar-refractivity contribution >= 4 is 6.03 Å². The Bertz CT molecular complexity index is 240. The summed E-state index contributed by atoms with van der Waals surface area (Å²) in [6.07, 6.45) is 2.19. The standard InChI is InChI=1S/C15H33N3O/c1-7-18(8-2)14(6)11-16-15(19)17-13(5)10-9-12(3)4/h12-14H,7-11H2,1-6H3,(H2,16,17,19). The van der Waals surface area contributed by atoms with Crippen LogP contribution in [0.25, 0.3) is 0 Å². The maximum atomic E-state index is 11.8. The van der Waals surface area contributed by atoms with Crippen LogP contribution in [0.2, 0.25) is 0 Å². The number of hydrogen-bond acceptors (Lipinski definition) is 2. The average molecular weight is 271 g/mol. The molecule has 114 valence electrons. The molecule has 0 spiro atoms. The lowest BCUT2D eigenvalue weighted by Gasteiger charge is -2.26. The molecule has 2 unspecified atom stereocenters. The highest BCUT2D eigenvalue weighted by Gasteiger charge is 2.12. The normalized spacial score (nSPS) is 14.5. The molecule has 0 heterocycles. The van der Waals surface area contributed by atoms with Crippen molar-refractivity contribution in [2.45, 2.75) is 66.5 Å². The van der Waals surface area contributed by atoms with E-state index in [2.05, 4.69) is 57.1 Å². The van der Waals surface area contributed by atoms with E-state index in [4.69, 9.17) is 0 Å². The number of carbonyl (C=O) groups excluding carboxylic acids is 1. The van der Waals surface area contributed by atoms with Crippen molar-refractivity contribution in [1.29, 1.82) is 0 Å². The van der Waals surface area contributed by atoms with Gasteiger partial charge in [0.1, 0.15) is 0 Å². The van der Waals surface area contributed by atoms with Crippen LogP contribution in [0.4, 0.5) is 4.79 Å². The first-order valence-electron chi connectivity index (χ1n) is 7.69. The molecule has 0 rings (SSSR count). The molecule has 0 saturated heterocycles. The predicted molar refractivity (Wildman–Crippen MR) is 82.5 cm³/mol. The molecule has 4 heteroatoms. The zero-order valence-corrected chi connectivity index (χ0v) is 13.6. The van der Waals surface area contributed by atoms with Crippen molar-refractivity contribution < 1.29 is 4.79 Å². The molecule has 0 aliphatic rings. The largest absolute Gasteiger partial charge is 0.337 e. The summed E-state index contributed by atoms with van der Waals surface area (Å²) in [5.74, 6) is 0.690. The Labute approximate surface area is 119 Å². The quantitative estimate of drug-likeness (QED) is 0.677. The van der Waals surface area contributed by atoms with Gasteiger partial charge >= 0.3 is 6.03 Å². The molecular weight excluding hydrogens is 238 g/mol. The Hall–Kier alpha value is -0.770. The zero-order chi connectivity index (χ0) is 14.8. The van der Waals surface area contributed by atoms with Gasteiger partial charge in [0.05, 0.1) is 0 Å². The van der Waals surface area contributed by atoms with E-state index in [1.165, 1.54) is 0 Å². The van der Waals surface area contributed by atoms with Crippen LogP contribution in [0.15, 0.2) is 0 Å². The molecule has 2 atom stereocenters. The monoisotopic (exact) mass is 271 g/mol. The third kappa shape index (κ3) is 8.87. The highest BCUT2D eigenvalue weighted by atomic mass is 16.2. The molecule has 19 heavy (non-hydrogen) atoms. The van der Waals surface area contributed by atoms with Gasteiger partial charge in [0.2, 0.25) is 0 Å². The zero-order valence-electron chi connectivity index (χ0n) is 13.6. The first-order chi connectivity index (χ1) is 8.90. The predicted octanol–water partition coefficient (Wildman–Crippen LogP) is 2.84. The molecule has 0 aromatic rings. The number of nitrogens with one attached hydrogen (secondary N) is 2. The second-order valence-electron chi connectivity index (χ2n) is 5.80. The minimum atomic E-state index is -0.0461. The van der Waals surface area contributed by atoms with Gasteiger partial charge in [0.15, 0.2) is 0 Å². The van der Waals surface area contributed by atoms with Crippen LogP contribution in [0.3, 0.4) is 0 Å². The van der Waals surface area contributed by atoms with Crippen LogP contribution >= 0.6 is 0 Å². The van der Waals surface area contributed by atoms with Crippen molar-refractivity contribution in [3.8, 4) is 0 Å². The molecular formula is C15H33N3O. The summed E-state index contributed by atoms with van der Waals surface area (Å²) < 4.78 is 0. The summed E-state index contributed by atoms with van der Waals surface area (Å²) in [6.45, 7) is 15.7. The van der Waals surface area contributed by atoms with E-state index in [-0.39, 0.29) is 12.1 Å². The second kappa shape index (κ2) is 10.1. The maximum Gasteiger partial charge on any atom is 0.315 e. The lowest BCUT2D eigenvalue weighted by atomic mass is 10.0. The van der Waals surface area contributed by atoms with Crippen LogP contribution in [-0.2, 0) is 0 Å². The van der Waals surface area contributed by atoms with E-state index < -0.39 is 0 Å². The number of nitrogens with zero attached hydrogens (tertiary/aromatic N) is 1. The number of hydrogen-bond donors (Lipinski definition) is 2. The fourth-order valence-corrected chi connectivity index (χ4v) is 2.15. The van der Waals surface area contributed by atoms with Gasteiger partial charge in [-0.25, -0.2) is 4.79 Å². The highest BCUT2D eigenvalue weighted by molar-refractivity contribution is 5.74. The van der Waals surface area contributed by atoms with Gasteiger partial charge in [-0.2, -0.15) is 0 Å². The van der Waals surface area contributed by atoms with Crippen molar-refractivity contribution in [3.05, 3.63) is 0 Å². The number of carbonyl (C=O) groups is 1. The maximum absolute atomic E-state index is 11.8. The average Bonchev–Trinajstić information content (AvgIpc) is 2.35. The lowest BCUT2D eigenvalue weighted by Crippen LogP contribution is -2.47. The minimum Gasteiger partial charge on any atom is -0.337 e. The lowest BCUT2D eigenvalue weighted by molar-refractivity contribution is 0.213. The Morgan fingerprint density at radius 1 is 1.05 bits per heavy atom. The summed E-state index contributed by atoms with van der Waals surface area (Å²) >= 11 is 0. The van der Waals surface area contributed by atoms with Crippen molar-refractivity contribution in [2.24, 2.45) is 5.92 Å². The number of likely N-dealkylation sites (N-methyl/N-ethyl adjacent to an activating group) is 1. The van der Waals surface area contributed by atoms with Crippen molar-refractivity contribution in [2.75, 3.05) is 19.6 Å². The van der Waals surface area contributed by atoms with Crippen molar-refractivity contribution in [1.82, 2.24) is 15.5 Å². The third-order valence-corrected chi connectivity index (χ3v) is 3.55. The van der Waals surface area contributed by atoms with Gasteiger partial charge in [-0.3, -0.25) is 4.90 Å². The molecule has 0 aromatic carbocycles. The van der Waals surface area contributed by atoms with Gasteiger partial charge in [0, 0.05) is 18.6 Å². The van der Waals surface area contributed by atoms with Gasteiger partial charge < -0.3 is 10.6 Å². The Morgan fingerprint density at radius 3 is 2.11 bits per heavy atom. The van der Waals surface area contributed by atoms with Crippen molar-refractivity contribution in [3.63, 3.8) is 0 Å². The molecule has 2 N–H and O–H groups in total. The molecule has 2 amide bonds. The second-order valence-corrected chi connectivity index (χ2v) is 5.80. The Morgan fingerprint density at radius 2 is 1.63 bits per heavy atom. The van der Waals surface area contributed by atoms with E-state index in [1.54, 1.807) is 0 Å². The van der Waals surface area contributed by atoms with Crippen LogP contribution in [0.5, 0.6) is 0 Å². The Kier molecular flexibility index (Phi) is 9.66. The molecule has 0 fully saturated rings. The summed E-state index contributed by atoms with van der Waals surface area (Å²) in [7, 11) is 0. The van der Waals surface area contributed by atoms with E-state index in [9.17, 15) is 4.79 Å². The summed E-state index contributed by atoms with van der Waals surface area (Å²) in [4.78, 5) is 14.1.